The molecule has 2 aromatic rings. The number of pyridine rings is 1. The first-order valence-electron chi connectivity index (χ1n) is 6.33. The molecule has 1 atom stereocenters. The summed E-state index contributed by atoms with van der Waals surface area (Å²) in [5.41, 5.74) is 0.667. The Bertz CT molecular complexity index is 697. The lowest BCUT2D eigenvalue weighted by molar-refractivity contribution is 0.0689. The molecule has 2 heterocycles. The first-order chi connectivity index (χ1) is 9.90. The lowest BCUT2D eigenvalue weighted by Gasteiger charge is -2.13. The Kier molecular flexibility index (Phi) is 4.32. The maximum absolute atomic E-state index is 12.2. The molecular formula is C14H15N3O3S. The number of carbonyl (C=O) groups excluding carboxylic acids is 1. The van der Waals surface area contributed by atoms with Crippen LogP contribution in [0.5, 0.6) is 0 Å². The number of carboxylic acids is 1. The fourth-order valence-electron chi connectivity index (χ4n) is 2.04. The minimum Gasteiger partial charge on any atom is -0.478 e. The molecule has 0 aliphatic heterocycles. The number of aryl methyl sites for hydroxylation is 2. The van der Waals surface area contributed by atoms with Crippen molar-refractivity contribution in [2.45, 2.75) is 26.8 Å². The SMILES string of the molecule is Cc1nc(C)c(C(C)NC(=O)c2ncccc2C(=O)O)s1. The fraction of sp³-hybridized carbons (Fsp3) is 0.286. The summed E-state index contributed by atoms with van der Waals surface area (Å²) in [6, 6.07) is 2.59. The van der Waals surface area contributed by atoms with Crippen molar-refractivity contribution in [3.63, 3.8) is 0 Å². The predicted molar refractivity (Wildman–Crippen MR) is 78.7 cm³/mol. The van der Waals surface area contributed by atoms with E-state index in [1.165, 1.54) is 29.7 Å². The summed E-state index contributed by atoms with van der Waals surface area (Å²) >= 11 is 1.51. The molecule has 0 spiro atoms. The number of rotatable bonds is 4. The Balaban J connectivity index is 2.22. The largest absolute Gasteiger partial charge is 0.478 e. The van der Waals surface area contributed by atoms with Gasteiger partial charge in [0.05, 0.1) is 22.3 Å². The third kappa shape index (κ3) is 3.25. The van der Waals surface area contributed by atoms with Gasteiger partial charge in [0.25, 0.3) is 5.91 Å². The first kappa shape index (κ1) is 15.1. The van der Waals surface area contributed by atoms with Crippen LogP contribution in [0.4, 0.5) is 0 Å². The number of aromatic carboxylic acids is 1. The number of nitrogens with zero attached hydrogens (tertiary/aromatic N) is 2. The van der Waals surface area contributed by atoms with Crippen LogP contribution < -0.4 is 5.32 Å². The Morgan fingerprint density at radius 1 is 1.38 bits per heavy atom. The van der Waals surface area contributed by atoms with Crippen LogP contribution in [0.25, 0.3) is 0 Å². The molecule has 1 unspecified atom stereocenters. The molecule has 0 saturated heterocycles. The van der Waals surface area contributed by atoms with Crippen molar-refractivity contribution >= 4 is 23.2 Å². The Morgan fingerprint density at radius 3 is 2.67 bits per heavy atom. The molecular weight excluding hydrogens is 290 g/mol. The van der Waals surface area contributed by atoms with Gasteiger partial charge in [-0.15, -0.1) is 11.3 Å². The van der Waals surface area contributed by atoms with Crippen molar-refractivity contribution in [3.8, 4) is 0 Å². The van der Waals surface area contributed by atoms with E-state index < -0.39 is 11.9 Å². The molecule has 0 aliphatic rings. The molecule has 0 bridgehead atoms. The van der Waals surface area contributed by atoms with Gasteiger partial charge in [0.15, 0.2) is 0 Å². The molecule has 0 aliphatic carbocycles. The van der Waals surface area contributed by atoms with Crippen LogP contribution in [-0.4, -0.2) is 27.0 Å². The van der Waals surface area contributed by atoms with Crippen molar-refractivity contribution in [2.75, 3.05) is 0 Å². The third-order valence-electron chi connectivity index (χ3n) is 2.93. The van der Waals surface area contributed by atoms with E-state index in [0.717, 1.165) is 15.6 Å². The number of carboxylic acid groups (broad SMARTS) is 1. The summed E-state index contributed by atoms with van der Waals surface area (Å²) in [5, 5.41) is 12.8. The van der Waals surface area contributed by atoms with Gasteiger partial charge in [-0.3, -0.25) is 9.78 Å². The summed E-state index contributed by atoms with van der Waals surface area (Å²) in [6.45, 7) is 5.61. The van der Waals surface area contributed by atoms with Gasteiger partial charge in [0.1, 0.15) is 5.69 Å². The summed E-state index contributed by atoms with van der Waals surface area (Å²) < 4.78 is 0. The molecule has 0 aromatic carbocycles. The normalized spacial score (nSPS) is 12.0. The van der Waals surface area contributed by atoms with Gasteiger partial charge in [0.2, 0.25) is 0 Å². The molecule has 21 heavy (non-hydrogen) atoms. The Morgan fingerprint density at radius 2 is 2.10 bits per heavy atom. The van der Waals surface area contributed by atoms with E-state index in [-0.39, 0.29) is 17.3 Å². The van der Waals surface area contributed by atoms with Crippen LogP contribution in [0.1, 0.15) is 49.4 Å². The number of hydrogen-bond acceptors (Lipinski definition) is 5. The minimum atomic E-state index is -1.18. The van der Waals surface area contributed by atoms with Crippen molar-refractivity contribution in [2.24, 2.45) is 0 Å². The zero-order valence-electron chi connectivity index (χ0n) is 11.9. The second kappa shape index (κ2) is 6.01. The van der Waals surface area contributed by atoms with Crippen LogP contribution in [0.2, 0.25) is 0 Å². The molecule has 2 N–H and O–H groups in total. The van der Waals surface area contributed by atoms with E-state index in [9.17, 15) is 9.59 Å². The van der Waals surface area contributed by atoms with Gasteiger partial charge in [-0.1, -0.05) is 0 Å². The third-order valence-corrected chi connectivity index (χ3v) is 4.19. The smallest absolute Gasteiger partial charge is 0.338 e. The van der Waals surface area contributed by atoms with Crippen LogP contribution in [-0.2, 0) is 0 Å². The van der Waals surface area contributed by atoms with Gasteiger partial charge in [0, 0.05) is 11.1 Å². The number of amides is 1. The van der Waals surface area contributed by atoms with E-state index in [4.69, 9.17) is 5.11 Å². The Labute approximate surface area is 125 Å². The number of hydrogen-bond donors (Lipinski definition) is 2. The van der Waals surface area contributed by atoms with Crippen molar-refractivity contribution in [3.05, 3.63) is 45.2 Å². The lowest BCUT2D eigenvalue weighted by Crippen LogP contribution is -2.29. The number of thiazole rings is 1. The number of carbonyl (C=O) groups is 2. The second-order valence-electron chi connectivity index (χ2n) is 4.58. The standard InChI is InChI=1S/C14H15N3O3S/c1-7-12(21-9(3)16-7)8(2)17-13(18)11-10(14(19)20)5-4-6-15-11/h4-6,8H,1-3H3,(H,17,18)(H,19,20). The molecule has 7 heteroatoms. The minimum absolute atomic E-state index is 0.0873. The molecule has 6 nitrogen and oxygen atoms in total. The molecule has 0 radical (unpaired) electrons. The van der Waals surface area contributed by atoms with Crippen LogP contribution in [0, 0.1) is 13.8 Å². The maximum atomic E-state index is 12.2. The van der Waals surface area contributed by atoms with Crippen LogP contribution in [0.15, 0.2) is 18.3 Å². The highest BCUT2D eigenvalue weighted by atomic mass is 32.1. The highest BCUT2D eigenvalue weighted by Crippen LogP contribution is 2.24. The molecule has 110 valence electrons. The van der Waals surface area contributed by atoms with E-state index in [1.54, 1.807) is 0 Å². The van der Waals surface area contributed by atoms with E-state index >= 15 is 0 Å². The van der Waals surface area contributed by atoms with Gasteiger partial charge in [-0.05, 0) is 32.9 Å². The van der Waals surface area contributed by atoms with E-state index in [0.29, 0.717) is 0 Å². The monoisotopic (exact) mass is 305 g/mol. The molecule has 0 fully saturated rings. The second-order valence-corrected chi connectivity index (χ2v) is 5.82. The number of aromatic nitrogens is 2. The topological polar surface area (TPSA) is 92.2 Å². The van der Waals surface area contributed by atoms with Crippen molar-refractivity contribution in [1.29, 1.82) is 0 Å². The van der Waals surface area contributed by atoms with E-state index in [2.05, 4.69) is 15.3 Å². The summed E-state index contributed by atoms with van der Waals surface area (Å²) in [5.74, 6) is -1.68. The van der Waals surface area contributed by atoms with Gasteiger partial charge < -0.3 is 10.4 Å². The highest BCUT2D eigenvalue weighted by molar-refractivity contribution is 7.11. The van der Waals surface area contributed by atoms with Crippen molar-refractivity contribution < 1.29 is 14.7 Å². The fourth-order valence-corrected chi connectivity index (χ4v) is 2.97. The maximum Gasteiger partial charge on any atom is 0.338 e. The van der Waals surface area contributed by atoms with Crippen molar-refractivity contribution in [1.82, 2.24) is 15.3 Å². The predicted octanol–water partition coefficient (Wildman–Crippen LogP) is 2.34. The zero-order valence-corrected chi connectivity index (χ0v) is 12.7. The van der Waals surface area contributed by atoms with E-state index in [1.807, 2.05) is 20.8 Å². The first-order valence-corrected chi connectivity index (χ1v) is 7.15. The van der Waals surface area contributed by atoms with Crippen LogP contribution in [0.3, 0.4) is 0 Å². The zero-order chi connectivity index (χ0) is 15.6. The highest BCUT2D eigenvalue weighted by Gasteiger charge is 2.21. The lowest BCUT2D eigenvalue weighted by atomic mass is 10.1. The summed E-state index contributed by atoms with van der Waals surface area (Å²) in [6.07, 6.45) is 1.40. The van der Waals surface area contributed by atoms with Gasteiger partial charge >= 0.3 is 5.97 Å². The quantitative estimate of drug-likeness (QED) is 0.904. The molecule has 0 saturated carbocycles. The average Bonchev–Trinajstić information content (AvgIpc) is 2.77. The van der Waals surface area contributed by atoms with Gasteiger partial charge in [-0.2, -0.15) is 0 Å². The molecule has 2 rings (SSSR count). The average molecular weight is 305 g/mol. The van der Waals surface area contributed by atoms with Crippen LogP contribution >= 0.6 is 11.3 Å². The van der Waals surface area contributed by atoms with Gasteiger partial charge in [-0.25, -0.2) is 9.78 Å². The summed E-state index contributed by atoms with van der Waals surface area (Å²) in [7, 11) is 0. The summed E-state index contributed by atoms with van der Waals surface area (Å²) in [4.78, 5) is 32.5. The molecule has 2 aromatic heterocycles. The number of nitrogens with one attached hydrogen (secondary N) is 1. The Hall–Kier alpha value is -2.28. The molecule has 1 amide bonds.